The summed E-state index contributed by atoms with van der Waals surface area (Å²) >= 11 is 1.28. The van der Waals surface area contributed by atoms with E-state index in [2.05, 4.69) is 15.8 Å². The molecule has 4 aromatic rings. The molecule has 0 aliphatic rings. The van der Waals surface area contributed by atoms with E-state index < -0.39 is 5.63 Å². The summed E-state index contributed by atoms with van der Waals surface area (Å²) in [5.41, 5.74) is 7.96. The van der Waals surface area contributed by atoms with Crippen molar-refractivity contribution >= 4 is 33.3 Å². The van der Waals surface area contributed by atoms with Gasteiger partial charge in [0, 0.05) is 16.3 Å². The van der Waals surface area contributed by atoms with Crippen molar-refractivity contribution in [1.29, 1.82) is 0 Å². The first-order valence-corrected chi connectivity index (χ1v) is 9.10. The molecule has 2 heterocycles. The quantitative estimate of drug-likeness (QED) is 0.415. The number of benzene rings is 2. The summed E-state index contributed by atoms with van der Waals surface area (Å²) in [6, 6.07) is 16.3. The standard InChI is InChI=1S/C20H15N3O3S/c1-12-6-8-13(9-7-12)18(24)22-23-20-21-16(11-27-20)15-10-14-4-2-3-5-17(14)26-19(15)25/h2-11H,1H3,(H,21,23)(H,22,24). The van der Waals surface area contributed by atoms with Crippen LogP contribution in [-0.4, -0.2) is 10.9 Å². The molecule has 0 atom stereocenters. The van der Waals surface area contributed by atoms with Crippen LogP contribution in [0.15, 0.2) is 69.2 Å². The molecule has 2 aromatic heterocycles. The molecule has 4 rings (SSSR count). The van der Waals surface area contributed by atoms with Crippen LogP contribution in [0, 0.1) is 6.92 Å². The molecule has 0 spiro atoms. The average Bonchev–Trinajstić information content (AvgIpc) is 3.15. The Morgan fingerprint density at radius 1 is 1.11 bits per heavy atom. The highest BCUT2D eigenvalue weighted by molar-refractivity contribution is 7.14. The number of para-hydroxylation sites is 1. The van der Waals surface area contributed by atoms with Gasteiger partial charge in [-0.3, -0.25) is 15.6 Å². The second-order valence-corrected chi connectivity index (χ2v) is 6.83. The first-order chi connectivity index (χ1) is 13.1. The van der Waals surface area contributed by atoms with Gasteiger partial charge in [-0.05, 0) is 31.2 Å². The number of amides is 1. The number of thiazole rings is 1. The molecule has 27 heavy (non-hydrogen) atoms. The predicted octanol–water partition coefficient (Wildman–Crippen LogP) is 3.98. The van der Waals surface area contributed by atoms with Crippen LogP contribution < -0.4 is 16.5 Å². The van der Waals surface area contributed by atoms with Crippen molar-refractivity contribution in [2.45, 2.75) is 6.92 Å². The summed E-state index contributed by atoms with van der Waals surface area (Å²) in [6.45, 7) is 1.96. The van der Waals surface area contributed by atoms with Crippen molar-refractivity contribution in [3.63, 3.8) is 0 Å². The van der Waals surface area contributed by atoms with E-state index in [0.717, 1.165) is 10.9 Å². The van der Waals surface area contributed by atoms with Gasteiger partial charge in [-0.15, -0.1) is 11.3 Å². The zero-order valence-corrected chi connectivity index (χ0v) is 15.2. The molecule has 7 heteroatoms. The average molecular weight is 377 g/mol. The lowest BCUT2D eigenvalue weighted by Gasteiger charge is -2.05. The predicted molar refractivity (Wildman–Crippen MR) is 106 cm³/mol. The summed E-state index contributed by atoms with van der Waals surface area (Å²) in [5, 5.41) is 3.03. The van der Waals surface area contributed by atoms with E-state index in [4.69, 9.17) is 4.42 Å². The fraction of sp³-hybridized carbons (Fsp3) is 0.0500. The minimum Gasteiger partial charge on any atom is -0.422 e. The van der Waals surface area contributed by atoms with E-state index in [1.807, 2.05) is 37.3 Å². The lowest BCUT2D eigenvalue weighted by Crippen LogP contribution is -2.29. The molecule has 1 amide bonds. The minimum absolute atomic E-state index is 0.267. The Labute approximate surface area is 158 Å². The number of hydrogen-bond acceptors (Lipinski definition) is 6. The lowest BCUT2D eigenvalue weighted by molar-refractivity contribution is 0.0962. The third kappa shape index (κ3) is 3.58. The van der Waals surface area contributed by atoms with Crippen molar-refractivity contribution in [1.82, 2.24) is 10.4 Å². The van der Waals surface area contributed by atoms with Gasteiger partial charge >= 0.3 is 5.63 Å². The smallest absolute Gasteiger partial charge is 0.345 e. The summed E-state index contributed by atoms with van der Waals surface area (Å²) < 4.78 is 5.34. The number of hydrazine groups is 1. The largest absolute Gasteiger partial charge is 0.422 e. The number of aryl methyl sites for hydroxylation is 1. The topological polar surface area (TPSA) is 84.2 Å². The van der Waals surface area contributed by atoms with Crippen molar-refractivity contribution in [3.05, 3.63) is 81.5 Å². The van der Waals surface area contributed by atoms with Crippen molar-refractivity contribution in [3.8, 4) is 11.3 Å². The Kier molecular flexibility index (Phi) is 4.43. The van der Waals surface area contributed by atoms with E-state index in [1.165, 1.54) is 11.3 Å². The number of aromatic nitrogens is 1. The van der Waals surface area contributed by atoms with E-state index in [-0.39, 0.29) is 5.91 Å². The molecule has 0 radical (unpaired) electrons. The molecule has 134 valence electrons. The molecular formula is C20H15N3O3S. The van der Waals surface area contributed by atoms with Crippen LogP contribution in [0.4, 0.5) is 5.13 Å². The SMILES string of the molecule is Cc1ccc(C(=O)NNc2nc(-c3cc4ccccc4oc3=O)cs2)cc1. The van der Waals surface area contributed by atoms with Gasteiger partial charge in [0.1, 0.15) is 5.58 Å². The molecule has 0 aliphatic heterocycles. The maximum atomic E-state index is 12.2. The minimum atomic E-state index is -0.450. The molecule has 2 aromatic carbocycles. The third-order valence-electron chi connectivity index (χ3n) is 4.02. The number of anilines is 1. The number of hydrogen-bond donors (Lipinski definition) is 2. The van der Waals surface area contributed by atoms with E-state index in [9.17, 15) is 9.59 Å². The van der Waals surface area contributed by atoms with Gasteiger partial charge in [0.2, 0.25) is 5.13 Å². The van der Waals surface area contributed by atoms with E-state index in [0.29, 0.717) is 27.5 Å². The van der Waals surface area contributed by atoms with Crippen LogP contribution in [0.3, 0.4) is 0 Å². The Hall–Kier alpha value is -3.45. The molecule has 0 saturated heterocycles. The van der Waals surface area contributed by atoms with Crippen molar-refractivity contribution in [2.75, 3.05) is 5.43 Å². The Morgan fingerprint density at radius 3 is 2.70 bits per heavy atom. The van der Waals surface area contributed by atoms with Crippen LogP contribution in [0.1, 0.15) is 15.9 Å². The van der Waals surface area contributed by atoms with Gasteiger partial charge < -0.3 is 4.42 Å². The first-order valence-electron chi connectivity index (χ1n) is 8.22. The van der Waals surface area contributed by atoms with E-state index >= 15 is 0 Å². The molecule has 0 saturated carbocycles. The zero-order chi connectivity index (χ0) is 18.8. The number of carbonyl (C=O) groups is 1. The number of fused-ring (bicyclic) bond motifs is 1. The fourth-order valence-corrected chi connectivity index (χ4v) is 3.25. The molecule has 0 aliphatic carbocycles. The monoisotopic (exact) mass is 377 g/mol. The number of carbonyl (C=O) groups excluding carboxylic acids is 1. The van der Waals surface area contributed by atoms with E-state index in [1.54, 1.807) is 29.6 Å². The first kappa shape index (κ1) is 17.0. The second kappa shape index (κ2) is 7.05. The van der Waals surface area contributed by atoms with Crippen LogP contribution in [0.2, 0.25) is 0 Å². The van der Waals surface area contributed by atoms with Crippen LogP contribution in [0.25, 0.3) is 22.2 Å². The second-order valence-electron chi connectivity index (χ2n) is 5.97. The van der Waals surface area contributed by atoms with Crippen LogP contribution >= 0.6 is 11.3 Å². The maximum absolute atomic E-state index is 12.2. The summed E-state index contributed by atoms with van der Waals surface area (Å²) in [7, 11) is 0. The van der Waals surface area contributed by atoms with Crippen molar-refractivity contribution in [2.24, 2.45) is 0 Å². The van der Waals surface area contributed by atoms with Gasteiger partial charge in [0.05, 0.1) is 11.3 Å². The summed E-state index contributed by atoms with van der Waals surface area (Å²) in [6.07, 6.45) is 0. The zero-order valence-electron chi connectivity index (χ0n) is 14.4. The number of nitrogens with zero attached hydrogens (tertiary/aromatic N) is 1. The molecule has 0 bridgehead atoms. The number of rotatable bonds is 4. The Morgan fingerprint density at radius 2 is 1.89 bits per heavy atom. The normalized spacial score (nSPS) is 10.7. The third-order valence-corrected chi connectivity index (χ3v) is 4.78. The van der Waals surface area contributed by atoms with Crippen LogP contribution in [0.5, 0.6) is 0 Å². The molecule has 0 unspecified atom stereocenters. The van der Waals surface area contributed by atoms with Gasteiger partial charge in [-0.2, -0.15) is 0 Å². The molecule has 6 nitrogen and oxygen atoms in total. The highest BCUT2D eigenvalue weighted by atomic mass is 32.1. The highest BCUT2D eigenvalue weighted by Crippen LogP contribution is 2.24. The molecule has 0 fully saturated rings. The lowest BCUT2D eigenvalue weighted by atomic mass is 10.1. The van der Waals surface area contributed by atoms with Gasteiger partial charge in [-0.1, -0.05) is 35.9 Å². The van der Waals surface area contributed by atoms with Crippen LogP contribution in [-0.2, 0) is 0 Å². The molecular weight excluding hydrogens is 362 g/mol. The maximum Gasteiger partial charge on any atom is 0.345 e. The Balaban J connectivity index is 1.52. The summed E-state index contributed by atoms with van der Waals surface area (Å²) in [5.74, 6) is -0.267. The van der Waals surface area contributed by atoms with Gasteiger partial charge in [0.15, 0.2) is 0 Å². The summed E-state index contributed by atoms with van der Waals surface area (Å²) in [4.78, 5) is 28.7. The van der Waals surface area contributed by atoms with Gasteiger partial charge in [0.25, 0.3) is 5.91 Å². The van der Waals surface area contributed by atoms with Crippen molar-refractivity contribution < 1.29 is 9.21 Å². The highest BCUT2D eigenvalue weighted by Gasteiger charge is 2.12. The number of nitrogens with one attached hydrogen (secondary N) is 2. The Bertz CT molecular complexity index is 1180. The fourth-order valence-electron chi connectivity index (χ4n) is 2.58. The molecule has 2 N–H and O–H groups in total. The van der Waals surface area contributed by atoms with Gasteiger partial charge in [-0.25, -0.2) is 9.78 Å².